The Labute approximate surface area is 112 Å². The van der Waals surface area contributed by atoms with Crippen molar-refractivity contribution in [3.63, 3.8) is 0 Å². The molecule has 2 aromatic carbocycles. The average Bonchev–Trinajstić information content (AvgIpc) is 2.47. The van der Waals surface area contributed by atoms with E-state index in [0.29, 0.717) is 0 Å². The van der Waals surface area contributed by atoms with Crippen molar-refractivity contribution >= 4 is 10.8 Å². The number of nitrogens with two attached hydrogens (primary N) is 1. The number of hydrogen-bond donors (Lipinski definition) is 1. The lowest BCUT2D eigenvalue weighted by Gasteiger charge is -2.14. The van der Waals surface area contributed by atoms with Crippen LogP contribution < -0.4 is 5.73 Å². The minimum atomic E-state index is -0.00435. The van der Waals surface area contributed by atoms with E-state index in [1.165, 1.54) is 10.9 Å². The summed E-state index contributed by atoms with van der Waals surface area (Å²) < 4.78 is 0. The van der Waals surface area contributed by atoms with E-state index in [4.69, 9.17) is 5.73 Å². The molecule has 0 spiro atoms. The summed E-state index contributed by atoms with van der Waals surface area (Å²) in [5, 5.41) is 2.34. The number of rotatable bonds is 3. The first kappa shape index (κ1) is 11.9. The zero-order chi connectivity index (χ0) is 13.1. The summed E-state index contributed by atoms with van der Waals surface area (Å²) in [4.78, 5) is 4.21. The Kier molecular flexibility index (Phi) is 3.25. The molecule has 0 amide bonds. The molecule has 0 aliphatic heterocycles. The average molecular weight is 248 g/mol. The largest absolute Gasteiger partial charge is 0.324 e. The van der Waals surface area contributed by atoms with Crippen LogP contribution in [-0.2, 0) is 6.42 Å². The van der Waals surface area contributed by atoms with Gasteiger partial charge in [-0.15, -0.1) is 0 Å². The second-order valence-corrected chi connectivity index (χ2v) is 4.74. The number of pyridine rings is 1. The monoisotopic (exact) mass is 248 g/mol. The summed E-state index contributed by atoms with van der Waals surface area (Å²) >= 11 is 0. The zero-order valence-electron chi connectivity index (χ0n) is 10.7. The third-order valence-corrected chi connectivity index (χ3v) is 3.42. The standard InChI is InChI=1S/C17H16N2/c18-17(11-13-5-2-1-3-6-13)15-8-4-7-14-9-10-19-12-16(14)15/h1-10,12,17H,11,18H2. The molecule has 2 N–H and O–H groups in total. The molecule has 0 bridgehead atoms. The highest BCUT2D eigenvalue weighted by Gasteiger charge is 2.10. The lowest BCUT2D eigenvalue weighted by atomic mass is 9.96. The van der Waals surface area contributed by atoms with E-state index in [0.717, 1.165) is 17.4 Å². The van der Waals surface area contributed by atoms with E-state index >= 15 is 0 Å². The minimum Gasteiger partial charge on any atom is -0.324 e. The molecule has 1 heterocycles. The van der Waals surface area contributed by atoms with Crippen molar-refractivity contribution < 1.29 is 0 Å². The summed E-state index contributed by atoms with van der Waals surface area (Å²) in [6, 6.07) is 18.6. The Hall–Kier alpha value is -2.19. The molecule has 1 atom stereocenters. The molecule has 1 aromatic heterocycles. The van der Waals surface area contributed by atoms with Crippen molar-refractivity contribution in [3.05, 3.63) is 78.1 Å². The van der Waals surface area contributed by atoms with Crippen LogP contribution >= 0.6 is 0 Å². The van der Waals surface area contributed by atoms with E-state index in [-0.39, 0.29) is 6.04 Å². The van der Waals surface area contributed by atoms with Crippen LogP contribution in [0.5, 0.6) is 0 Å². The van der Waals surface area contributed by atoms with Crippen LogP contribution in [0.2, 0.25) is 0 Å². The zero-order valence-corrected chi connectivity index (χ0v) is 10.7. The predicted octanol–water partition coefficient (Wildman–Crippen LogP) is 3.48. The molecule has 0 aliphatic carbocycles. The number of benzene rings is 2. The minimum absolute atomic E-state index is 0.00435. The summed E-state index contributed by atoms with van der Waals surface area (Å²) in [6.45, 7) is 0. The van der Waals surface area contributed by atoms with Gasteiger partial charge in [0.2, 0.25) is 0 Å². The normalized spacial score (nSPS) is 12.5. The fourth-order valence-corrected chi connectivity index (χ4v) is 2.44. The van der Waals surface area contributed by atoms with Gasteiger partial charge < -0.3 is 5.73 Å². The maximum atomic E-state index is 6.37. The van der Waals surface area contributed by atoms with Gasteiger partial charge in [0, 0.05) is 23.8 Å². The Balaban J connectivity index is 1.96. The van der Waals surface area contributed by atoms with Crippen molar-refractivity contribution in [1.29, 1.82) is 0 Å². The van der Waals surface area contributed by atoms with Gasteiger partial charge in [0.05, 0.1) is 0 Å². The molecule has 3 rings (SSSR count). The maximum Gasteiger partial charge on any atom is 0.0349 e. The van der Waals surface area contributed by atoms with Crippen molar-refractivity contribution in [2.75, 3.05) is 0 Å². The third-order valence-electron chi connectivity index (χ3n) is 3.42. The van der Waals surface area contributed by atoms with Crippen molar-refractivity contribution in [3.8, 4) is 0 Å². The Morgan fingerprint density at radius 2 is 1.79 bits per heavy atom. The first-order chi connectivity index (χ1) is 9.34. The summed E-state index contributed by atoms with van der Waals surface area (Å²) in [7, 11) is 0. The van der Waals surface area contributed by atoms with Crippen LogP contribution in [0.4, 0.5) is 0 Å². The molecule has 2 nitrogen and oxygen atoms in total. The van der Waals surface area contributed by atoms with Crippen molar-refractivity contribution in [2.24, 2.45) is 5.73 Å². The second kappa shape index (κ2) is 5.21. The van der Waals surface area contributed by atoms with Crippen molar-refractivity contribution in [1.82, 2.24) is 4.98 Å². The molecule has 0 radical (unpaired) electrons. The number of aromatic nitrogens is 1. The molecule has 94 valence electrons. The van der Waals surface area contributed by atoms with Crippen LogP contribution in [-0.4, -0.2) is 4.98 Å². The van der Waals surface area contributed by atoms with Gasteiger partial charge in [0.1, 0.15) is 0 Å². The van der Waals surface area contributed by atoms with Gasteiger partial charge in [-0.2, -0.15) is 0 Å². The summed E-state index contributed by atoms with van der Waals surface area (Å²) in [5.74, 6) is 0. The molecule has 0 saturated carbocycles. The Bertz CT molecular complexity index is 672. The highest BCUT2D eigenvalue weighted by Crippen LogP contribution is 2.24. The Morgan fingerprint density at radius 1 is 0.947 bits per heavy atom. The molecular formula is C17H16N2. The van der Waals surface area contributed by atoms with Gasteiger partial charge in [-0.05, 0) is 29.0 Å². The number of nitrogens with zero attached hydrogens (tertiary/aromatic N) is 1. The third kappa shape index (κ3) is 2.49. The van der Waals surface area contributed by atoms with Gasteiger partial charge in [0.15, 0.2) is 0 Å². The molecule has 2 heteroatoms. The quantitative estimate of drug-likeness (QED) is 0.770. The van der Waals surface area contributed by atoms with E-state index in [1.807, 2.05) is 36.7 Å². The second-order valence-electron chi connectivity index (χ2n) is 4.74. The molecule has 3 aromatic rings. The molecule has 0 fully saturated rings. The fraction of sp³-hybridized carbons (Fsp3) is 0.118. The van der Waals surface area contributed by atoms with Gasteiger partial charge in [-0.3, -0.25) is 4.98 Å². The van der Waals surface area contributed by atoms with Crippen LogP contribution in [0.1, 0.15) is 17.2 Å². The molecule has 19 heavy (non-hydrogen) atoms. The maximum absolute atomic E-state index is 6.37. The SMILES string of the molecule is NC(Cc1ccccc1)c1cccc2ccncc12. The molecule has 1 unspecified atom stereocenters. The lowest BCUT2D eigenvalue weighted by molar-refractivity contribution is 0.728. The van der Waals surface area contributed by atoms with Crippen LogP contribution in [0, 0.1) is 0 Å². The van der Waals surface area contributed by atoms with Gasteiger partial charge >= 0.3 is 0 Å². The van der Waals surface area contributed by atoms with Crippen LogP contribution in [0.3, 0.4) is 0 Å². The van der Waals surface area contributed by atoms with Gasteiger partial charge in [-0.25, -0.2) is 0 Å². The summed E-state index contributed by atoms with van der Waals surface area (Å²) in [5.41, 5.74) is 8.79. The Morgan fingerprint density at radius 3 is 2.63 bits per heavy atom. The predicted molar refractivity (Wildman–Crippen MR) is 78.8 cm³/mol. The van der Waals surface area contributed by atoms with Crippen LogP contribution in [0.25, 0.3) is 10.8 Å². The smallest absolute Gasteiger partial charge is 0.0349 e. The first-order valence-corrected chi connectivity index (χ1v) is 6.47. The topological polar surface area (TPSA) is 38.9 Å². The summed E-state index contributed by atoms with van der Waals surface area (Å²) in [6.07, 6.45) is 4.55. The number of fused-ring (bicyclic) bond motifs is 1. The lowest BCUT2D eigenvalue weighted by Crippen LogP contribution is -2.13. The van der Waals surface area contributed by atoms with E-state index < -0.39 is 0 Å². The highest BCUT2D eigenvalue weighted by atomic mass is 14.6. The van der Waals surface area contributed by atoms with E-state index in [1.54, 1.807) is 0 Å². The number of hydrogen-bond acceptors (Lipinski definition) is 2. The molecule has 0 aliphatic rings. The molecular weight excluding hydrogens is 232 g/mol. The van der Waals surface area contributed by atoms with Crippen LogP contribution in [0.15, 0.2) is 67.0 Å². The highest BCUT2D eigenvalue weighted by molar-refractivity contribution is 5.85. The first-order valence-electron chi connectivity index (χ1n) is 6.47. The fourth-order valence-electron chi connectivity index (χ4n) is 2.44. The van der Waals surface area contributed by atoms with Crippen molar-refractivity contribution in [2.45, 2.75) is 12.5 Å². The van der Waals surface area contributed by atoms with E-state index in [2.05, 4.69) is 35.3 Å². The van der Waals surface area contributed by atoms with Gasteiger partial charge in [-0.1, -0.05) is 48.5 Å². The van der Waals surface area contributed by atoms with E-state index in [9.17, 15) is 0 Å². The van der Waals surface area contributed by atoms with Gasteiger partial charge in [0.25, 0.3) is 0 Å². The molecule has 0 saturated heterocycles.